The largest absolute Gasteiger partial charge is 0.431 e. The second-order valence-electron chi connectivity index (χ2n) is 6.20. The van der Waals surface area contributed by atoms with Crippen LogP contribution in [-0.4, -0.2) is 47.7 Å². The average molecular weight is 347 g/mol. The number of oxazole rings is 1. The van der Waals surface area contributed by atoms with Crippen molar-refractivity contribution in [3.8, 4) is 0 Å². The van der Waals surface area contributed by atoms with Crippen LogP contribution in [0.3, 0.4) is 0 Å². The molecule has 1 fully saturated rings. The molecule has 3 rings (SSSR count). The number of aromatic nitrogens is 1. The Balaban J connectivity index is 1.32. The van der Waals surface area contributed by atoms with E-state index in [4.69, 9.17) is 4.42 Å². The van der Waals surface area contributed by atoms with Crippen LogP contribution in [0.4, 0.5) is 0 Å². The van der Waals surface area contributed by atoms with Gasteiger partial charge < -0.3 is 14.6 Å². The molecule has 6 heteroatoms. The van der Waals surface area contributed by atoms with Crippen molar-refractivity contribution in [1.29, 1.82) is 0 Å². The standard InChI is InChI=1S/C18H25N3O2S/c22-17(19-10-7-13-21-11-5-1-2-6-12-21)14-24-18-20-15-8-3-4-9-16(15)23-18/h3-4,8-9H,1-2,5-7,10-14H2,(H,19,22). The van der Waals surface area contributed by atoms with Crippen molar-refractivity contribution in [1.82, 2.24) is 15.2 Å². The lowest BCUT2D eigenvalue weighted by molar-refractivity contribution is -0.118. The molecule has 130 valence electrons. The Morgan fingerprint density at radius 3 is 2.79 bits per heavy atom. The fraction of sp³-hybridized carbons (Fsp3) is 0.556. The monoisotopic (exact) mass is 347 g/mol. The Hall–Kier alpha value is -1.53. The molecule has 1 aromatic heterocycles. The molecule has 1 N–H and O–H groups in total. The summed E-state index contributed by atoms with van der Waals surface area (Å²) in [4.78, 5) is 18.8. The molecule has 5 nitrogen and oxygen atoms in total. The highest BCUT2D eigenvalue weighted by Gasteiger charge is 2.10. The van der Waals surface area contributed by atoms with Crippen molar-refractivity contribution in [2.24, 2.45) is 0 Å². The van der Waals surface area contributed by atoms with E-state index in [0.717, 1.165) is 30.6 Å². The maximum Gasteiger partial charge on any atom is 0.257 e. The second kappa shape index (κ2) is 9.08. The zero-order chi connectivity index (χ0) is 16.6. The number of amides is 1. The normalized spacial score (nSPS) is 16.2. The summed E-state index contributed by atoms with van der Waals surface area (Å²) in [6, 6.07) is 7.64. The van der Waals surface area contributed by atoms with Crippen LogP contribution >= 0.6 is 11.8 Å². The van der Waals surface area contributed by atoms with Crippen LogP contribution in [-0.2, 0) is 4.79 Å². The van der Waals surface area contributed by atoms with E-state index in [-0.39, 0.29) is 5.91 Å². The summed E-state index contributed by atoms with van der Waals surface area (Å²) in [6.45, 7) is 4.24. The lowest BCUT2D eigenvalue weighted by atomic mass is 10.2. The van der Waals surface area contributed by atoms with Crippen LogP contribution in [0, 0.1) is 0 Å². The number of hydrogen-bond donors (Lipinski definition) is 1. The molecule has 0 atom stereocenters. The molecule has 2 heterocycles. The lowest BCUT2D eigenvalue weighted by Crippen LogP contribution is -2.31. The summed E-state index contributed by atoms with van der Waals surface area (Å²) in [5, 5.41) is 3.54. The minimum absolute atomic E-state index is 0.0399. The molecule has 0 radical (unpaired) electrons. The van der Waals surface area contributed by atoms with Gasteiger partial charge in [-0.05, 0) is 51.0 Å². The summed E-state index contributed by atoms with van der Waals surface area (Å²) >= 11 is 1.34. The predicted molar refractivity (Wildman–Crippen MR) is 97.3 cm³/mol. The van der Waals surface area contributed by atoms with Crippen LogP contribution in [0.2, 0.25) is 0 Å². The number of carbonyl (C=O) groups excluding carboxylic acids is 1. The quantitative estimate of drug-likeness (QED) is 0.615. The first-order chi connectivity index (χ1) is 11.8. The van der Waals surface area contributed by atoms with E-state index >= 15 is 0 Å². The number of para-hydroxylation sites is 2. The Morgan fingerprint density at radius 2 is 2.00 bits per heavy atom. The number of fused-ring (bicyclic) bond motifs is 1. The van der Waals surface area contributed by atoms with Gasteiger partial charge in [-0.3, -0.25) is 4.79 Å². The van der Waals surface area contributed by atoms with Crippen molar-refractivity contribution in [2.45, 2.75) is 37.3 Å². The molecule has 0 aliphatic carbocycles. The van der Waals surface area contributed by atoms with Gasteiger partial charge in [-0.2, -0.15) is 0 Å². The third kappa shape index (κ3) is 5.24. The van der Waals surface area contributed by atoms with E-state index < -0.39 is 0 Å². The Labute approximate surface area is 147 Å². The molecule has 1 aliphatic rings. The van der Waals surface area contributed by atoms with Gasteiger partial charge in [0, 0.05) is 6.54 Å². The molecule has 0 unspecified atom stereocenters. The highest BCUT2D eigenvalue weighted by Crippen LogP contribution is 2.22. The molecule has 1 aromatic carbocycles. The molecular formula is C18H25N3O2S. The van der Waals surface area contributed by atoms with Gasteiger partial charge in [0.15, 0.2) is 5.58 Å². The number of carbonyl (C=O) groups is 1. The van der Waals surface area contributed by atoms with Gasteiger partial charge in [-0.15, -0.1) is 0 Å². The maximum absolute atomic E-state index is 11.9. The van der Waals surface area contributed by atoms with E-state index in [1.54, 1.807) is 0 Å². The first kappa shape index (κ1) is 17.3. The summed E-state index contributed by atoms with van der Waals surface area (Å²) in [7, 11) is 0. The number of nitrogens with zero attached hydrogens (tertiary/aromatic N) is 2. The molecule has 2 aromatic rings. The first-order valence-corrected chi connectivity index (χ1v) is 9.77. The lowest BCUT2D eigenvalue weighted by Gasteiger charge is -2.19. The number of likely N-dealkylation sites (tertiary alicyclic amines) is 1. The van der Waals surface area contributed by atoms with E-state index in [1.807, 2.05) is 24.3 Å². The van der Waals surface area contributed by atoms with Crippen LogP contribution in [0.5, 0.6) is 0 Å². The van der Waals surface area contributed by atoms with Crippen molar-refractivity contribution in [3.63, 3.8) is 0 Å². The van der Waals surface area contributed by atoms with Crippen LogP contribution in [0.1, 0.15) is 32.1 Å². The van der Waals surface area contributed by atoms with E-state index in [9.17, 15) is 4.79 Å². The van der Waals surface area contributed by atoms with Gasteiger partial charge in [0.25, 0.3) is 5.22 Å². The van der Waals surface area contributed by atoms with Crippen molar-refractivity contribution >= 4 is 28.8 Å². The first-order valence-electron chi connectivity index (χ1n) is 8.79. The smallest absolute Gasteiger partial charge is 0.257 e. The summed E-state index contributed by atoms with van der Waals surface area (Å²) in [5.74, 6) is 0.384. The topological polar surface area (TPSA) is 58.4 Å². The van der Waals surface area contributed by atoms with E-state index in [1.165, 1.54) is 50.5 Å². The summed E-state index contributed by atoms with van der Waals surface area (Å²) in [6.07, 6.45) is 6.36. The second-order valence-corrected chi connectivity index (χ2v) is 7.12. The Bertz CT molecular complexity index is 618. The number of benzene rings is 1. The van der Waals surface area contributed by atoms with Crippen LogP contribution < -0.4 is 5.32 Å². The molecule has 24 heavy (non-hydrogen) atoms. The Kier molecular flexibility index (Phi) is 6.55. The van der Waals surface area contributed by atoms with Gasteiger partial charge in [0.1, 0.15) is 5.52 Å². The number of thioether (sulfide) groups is 1. The molecule has 0 saturated carbocycles. The fourth-order valence-corrected chi connectivity index (χ4v) is 3.65. The van der Waals surface area contributed by atoms with Crippen LogP contribution in [0.15, 0.2) is 33.9 Å². The molecular weight excluding hydrogens is 322 g/mol. The Morgan fingerprint density at radius 1 is 1.21 bits per heavy atom. The zero-order valence-corrected chi connectivity index (χ0v) is 14.8. The number of nitrogens with one attached hydrogen (secondary N) is 1. The minimum atomic E-state index is 0.0399. The highest BCUT2D eigenvalue weighted by molar-refractivity contribution is 7.99. The molecule has 1 saturated heterocycles. The SMILES string of the molecule is O=C(CSc1nc2ccccc2o1)NCCCN1CCCCCC1. The van der Waals surface area contributed by atoms with Crippen molar-refractivity contribution in [3.05, 3.63) is 24.3 Å². The third-order valence-corrected chi connectivity index (χ3v) is 5.10. The third-order valence-electron chi connectivity index (χ3n) is 4.27. The summed E-state index contributed by atoms with van der Waals surface area (Å²) in [5.41, 5.74) is 1.59. The van der Waals surface area contributed by atoms with Gasteiger partial charge in [0.05, 0.1) is 5.75 Å². The van der Waals surface area contributed by atoms with Crippen molar-refractivity contribution in [2.75, 3.05) is 31.9 Å². The van der Waals surface area contributed by atoms with Gasteiger partial charge in [0.2, 0.25) is 5.91 Å². The van der Waals surface area contributed by atoms with Crippen molar-refractivity contribution < 1.29 is 9.21 Å². The van der Waals surface area contributed by atoms with Gasteiger partial charge in [-0.1, -0.05) is 36.7 Å². The van der Waals surface area contributed by atoms with E-state index in [2.05, 4.69) is 15.2 Å². The number of rotatable bonds is 7. The van der Waals surface area contributed by atoms with Gasteiger partial charge >= 0.3 is 0 Å². The minimum Gasteiger partial charge on any atom is -0.431 e. The molecule has 1 aliphatic heterocycles. The predicted octanol–water partition coefficient (Wildman–Crippen LogP) is 3.30. The van der Waals surface area contributed by atoms with Gasteiger partial charge in [-0.25, -0.2) is 4.98 Å². The molecule has 0 bridgehead atoms. The average Bonchev–Trinajstić information content (AvgIpc) is 2.84. The zero-order valence-electron chi connectivity index (χ0n) is 14.0. The number of hydrogen-bond acceptors (Lipinski definition) is 5. The fourth-order valence-electron chi connectivity index (χ4n) is 2.98. The summed E-state index contributed by atoms with van der Waals surface area (Å²) < 4.78 is 5.60. The maximum atomic E-state index is 11.9. The highest BCUT2D eigenvalue weighted by atomic mass is 32.2. The van der Waals surface area contributed by atoms with Crippen LogP contribution in [0.25, 0.3) is 11.1 Å². The molecule has 0 spiro atoms. The van der Waals surface area contributed by atoms with E-state index in [0.29, 0.717) is 11.0 Å². The molecule has 1 amide bonds.